The number of nitrogens with one attached hydrogen (secondary N) is 2. The number of ether oxygens (including phenoxy) is 1. The van der Waals surface area contributed by atoms with Gasteiger partial charge >= 0.3 is 0 Å². The van der Waals surface area contributed by atoms with Crippen molar-refractivity contribution in [3.8, 4) is 5.75 Å². The first-order chi connectivity index (χ1) is 14.6. The maximum Gasteiger partial charge on any atom is 0.239 e. The molecule has 2 atom stereocenters. The number of guanidine groups is 1. The zero-order valence-electron chi connectivity index (χ0n) is 18.5. The number of aliphatic imine (C=N–C) groups is 1. The van der Waals surface area contributed by atoms with Crippen LogP contribution in [0.2, 0.25) is 0 Å². The molecule has 0 radical (unpaired) electrons. The lowest BCUT2D eigenvalue weighted by Gasteiger charge is -2.38. The third kappa shape index (κ3) is 7.12. The minimum atomic E-state index is -0.0563. The Morgan fingerprint density at radius 2 is 1.84 bits per heavy atom. The van der Waals surface area contributed by atoms with Crippen LogP contribution < -0.4 is 15.4 Å². The Balaban J connectivity index is 0.00000341. The molecule has 2 aromatic rings. The first kappa shape index (κ1) is 25.0. The molecule has 0 spiro atoms. The smallest absolute Gasteiger partial charge is 0.239 e. The van der Waals surface area contributed by atoms with Crippen LogP contribution in [0.4, 0.5) is 0 Å². The maximum atomic E-state index is 12.3. The highest BCUT2D eigenvalue weighted by molar-refractivity contribution is 14.0. The number of carbonyl (C=O) groups excluding carboxylic acids is 1. The summed E-state index contributed by atoms with van der Waals surface area (Å²) in [4.78, 5) is 18.9. The average molecular weight is 536 g/mol. The van der Waals surface area contributed by atoms with Crippen molar-refractivity contribution in [2.45, 2.75) is 25.8 Å². The van der Waals surface area contributed by atoms with Crippen molar-refractivity contribution in [1.29, 1.82) is 0 Å². The fourth-order valence-corrected chi connectivity index (χ4v) is 4.03. The number of benzene rings is 2. The van der Waals surface area contributed by atoms with Gasteiger partial charge in [0.05, 0.1) is 13.7 Å². The van der Waals surface area contributed by atoms with E-state index in [1.165, 1.54) is 5.56 Å². The number of rotatable bonds is 6. The number of likely N-dealkylation sites (tertiary alicyclic amines) is 1. The van der Waals surface area contributed by atoms with Crippen LogP contribution in [0.5, 0.6) is 5.75 Å². The van der Waals surface area contributed by atoms with Crippen LogP contribution in [-0.4, -0.2) is 50.6 Å². The number of carbonyl (C=O) groups is 1. The van der Waals surface area contributed by atoms with E-state index in [1.54, 1.807) is 14.2 Å². The molecular weight excluding hydrogens is 503 g/mol. The number of hydrogen-bond donors (Lipinski definition) is 2. The summed E-state index contributed by atoms with van der Waals surface area (Å²) in [5, 5.41) is 6.15. The number of nitrogens with zero attached hydrogens (tertiary/aromatic N) is 2. The molecule has 1 amide bonds. The van der Waals surface area contributed by atoms with Gasteiger partial charge in [0.1, 0.15) is 5.75 Å². The monoisotopic (exact) mass is 536 g/mol. The molecule has 2 N–H and O–H groups in total. The summed E-state index contributed by atoms with van der Waals surface area (Å²) >= 11 is 0. The summed E-state index contributed by atoms with van der Waals surface area (Å²) in [5.74, 6) is 2.62. The van der Waals surface area contributed by atoms with Crippen molar-refractivity contribution in [3.63, 3.8) is 0 Å². The quantitative estimate of drug-likeness (QED) is 0.336. The van der Waals surface area contributed by atoms with Crippen molar-refractivity contribution in [2.75, 3.05) is 33.8 Å². The summed E-state index contributed by atoms with van der Waals surface area (Å²) in [5.41, 5.74) is 2.44. The highest BCUT2D eigenvalue weighted by Gasteiger charge is 2.28. The van der Waals surface area contributed by atoms with Crippen LogP contribution in [0.3, 0.4) is 0 Å². The Bertz CT molecular complexity index is 842. The molecule has 31 heavy (non-hydrogen) atoms. The highest BCUT2D eigenvalue weighted by Crippen LogP contribution is 2.32. The second-order valence-corrected chi connectivity index (χ2v) is 7.75. The van der Waals surface area contributed by atoms with Crippen molar-refractivity contribution in [3.05, 3.63) is 65.7 Å². The van der Waals surface area contributed by atoms with E-state index in [1.807, 2.05) is 24.3 Å². The second-order valence-electron chi connectivity index (χ2n) is 7.75. The Morgan fingerprint density at radius 3 is 2.45 bits per heavy atom. The molecule has 1 fully saturated rings. The third-order valence-corrected chi connectivity index (χ3v) is 5.70. The van der Waals surface area contributed by atoms with Gasteiger partial charge in [-0.15, -0.1) is 24.0 Å². The van der Waals surface area contributed by atoms with Crippen molar-refractivity contribution in [1.82, 2.24) is 15.5 Å². The summed E-state index contributed by atoms with van der Waals surface area (Å²) in [7, 11) is 3.41. The predicted molar refractivity (Wildman–Crippen MR) is 136 cm³/mol. The summed E-state index contributed by atoms with van der Waals surface area (Å²) < 4.78 is 5.15. The number of hydrogen-bond acceptors (Lipinski definition) is 3. The van der Waals surface area contributed by atoms with Gasteiger partial charge in [0.2, 0.25) is 5.91 Å². The van der Waals surface area contributed by atoms with E-state index in [-0.39, 0.29) is 36.4 Å². The second kappa shape index (κ2) is 12.5. The van der Waals surface area contributed by atoms with Gasteiger partial charge in [0, 0.05) is 26.7 Å². The van der Waals surface area contributed by atoms with Crippen LogP contribution in [0.15, 0.2) is 59.6 Å². The predicted octanol–water partition coefficient (Wildman–Crippen LogP) is 3.63. The molecule has 1 aliphatic heterocycles. The normalized spacial score (nSPS) is 18.7. The molecule has 0 saturated carbocycles. The first-order valence-electron chi connectivity index (χ1n) is 10.5. The van der Waals surface area contributed by atoms with Gasteiger partial charge < -0.3 is 20.3 Å². The van der Waals surface area contributed by atoms with Crippen molar-refractivity contribution in [2.24, 2.45) is 10.9 Å². The van der Waals surface area contributed by atoms with E-state index in [2.05, 4.69) is 57.8 Å². The molecule has 6 nitrogen and oxygen atoms in total. The SMILES string of the molecule is CN=C(NCC(=O)NCc1ccc(OC)cc1)N1CCC(c2ccccc2)C(C)C1.I. The molecular formula is C24H33IN4O2. The fraction of sp³-hybridized carbons (Fsp3) is 0.417. The zero-order chi connectivity index (χ0) is 21.3. The van der Waals surface area contributed by atoms with Gasteiger partial charge in [0.25, 0.3) is 0 Å². The minimum Gasteiger partial charge on any atom is -0.497 e. The zero-order valence-corrected chi connectivity index (χ0v) is 20.8. The molecule has 1 aliphatic rings. The molecule has 3 rings (SSSR count). The average Bonchev–Trinajstić information content (AvgIpc) is 2.79. The number of piperidine rings is 1. The number of amides is 1. The van der Waals surface area contributed by atoms with E-state index < -0.39 is 0 Å². The lowest BCUT2D eigenvalue weighted by atomic mass is 9.82. The lowest BCUT2D eigenvalue weighted by Crippen LogP contribution is -2.50. The van der Waals surface area contributed by atoms with Gasteiger partial charge in [-0.1, -0.05) is 49.4 Å². The van der Waals surface area contributed by atoms with Crippen LogP contribution in [0, 0.1) is 5.92 Å². The van der Waals surface area contributed by atoms with Crippen LogP contribution in [-0.2, 0) is 11.3 Å². The number of halogens is 1. The molecule has 168 valence electrons. The molecule has 1 saturated heterocycles. The van der Waals surface area contributed by atoms with E-state index >= 15 is 0 Å². The highest BCUT2D eigenvalue weighted by atomic mass is 127. The standard InChI is InChI=1S/C24H32N4O2.HI/c1-18-17-28(14-13-22(18)20-7-5-4-6-8-20)24(25-2)27-16-23(29)26-15-19-9-11-21(30-3)12-10-19;/h4-12,18,22H,13-17H2,1-3H3,(H,25,27)(H,26,29);1H. The van der Waals surface area contributed by atoms with E-state index in [0.717, 1.165) is 36.8 Å². The number of methoxy groups -OCH3 is 1. The third-order valence-electron chi connectivity index (χ3n) is 5.70. The Labute approximate surface area is 202 Å². The van der Waals surface area contributed by atoms with E-state index in [9.17, 15) is 4.79 Å². The van der Waals surface area contributed by atoms with E-state index in [4.69, 9.17) is 4.74 Å². The summed E-state index contributed by atoms with van der Waals surface area (Å²) in [6.07, 6.45) is 1.08. The Morgan fingerprint density at radius 1 is 1.13 bits per heavy atom. The molecule has 0 bridgehead atoms. The molecule has 2 aromatic carbocycles. The van der Waals surface area contributed by atoms with Crippen molar-refractivity contribution < 1.29 is 9.53 Å². The fourth-order valence-electron chi connectivity index (χ4n) is 4.03. The lowest BCUT2D eigenvalue weighted by molar-refractivity contribution is -0.120. The molecule has 0 aromatic heterocycles. The first-order valence-corrected chi connectivity index (χ1v) is 10.5. The Kier molecular flexibility index (Phi) is 10.1. The minimum absolute atomic E-state index is 0. The maximum absolute atomic E-state index is 12.3. The largest absolute Gasteiger partial charge is 0.497 e. The summed E-state index contributed by atoms with van der Waals surface area (Å²) in [6, 6.07) is 18.4. The summed E-state index contributed by atoms with van der Waals surface area (Å²) in [6.45, 7) is 4.83. The molecule has 2 unspecified atom stereocenters. The van der Waals surface area contributed by atoms with Gasteiger partial charge in [-0.05, 0) is 41.5 Å². The Hall–Kier alpha value is -2.29. The molecule has 0 aliphatic carbocycles. The van der Waals surface area contributed by atoms with Gasteiger partial charge in [-0.2, -0.15) is 0 Å². The van der Waals surface area contributed by atoms with E-state index in [0.29, 0.717) is 18.4 Å². The van der Waals surface area contributed by atoms with Crippen molar-refractivity contribution >= 4 is 35.8 Å². The van der Waals surface area contributed by atoms with Crippen LogP contribution >= 0.6 is 24.0 Å². The van der Waals surface area contributed by atoms with Gasteiger partial charge in [-0.25, -0.2) is 0 Å². The topological polar surface area (TPSA) is 66.0 Å². The van der Waals surface area contributed by atoms with Gasteiger partial charge in [0.15, 0.2) is 5.96 Å². The molecule has 7 heteroatoms. The van der Waals surface area contributed by atoms with Crippen LogP contribution in [0.25, 0.3) is 0 Å². The molecule has 1 heterocycles. The van der Waals surface area contributed by atoms with Gasteiger partial charge in [-0.3, -0.25) is 9.79 Å². The van der Waals surface area contributed by atoms with Crippen LogP contribution in [0.1, 0.15) is 30.4 Å².